The zero-order valence-electron chi connectivity index (χ0n) is 10.4. The molecule has 0 unspecified atom stereocenters. The molecule has 18 heavy (non-hydrogen) atoms. The Bertz CT molecular complexity index is 636. The minimum atomic E-state index is -0.571. The van der Waals surface area contributed by atoms with Crippen LogP contribution in [0.4, 0.5) is 10.5 Å². The quantitative estimate of drug-likeness (QED) is 0.800. The van der Waals surface area contributed by atoms with Crippen molar-refractivity contribution in [1.82, 2.24) is 14.6 Å². The lowest BCUT2D eigenvalue weighted by atomic mass is 10.2. The summed E-state index contributed by atoms with van der Waals surface area (Å²) in [5.41, 5.74) is 0.00790. The van der Waals surface area contributed by atoms with E-state index < -0.39 is 11.7 Å². The third kappa shape index (κ3) is 2.68. The molecule has 0 spiro atoms. The summed E-state index contributed by atoms with van der Waals surface area (Å²) in [4.78, 5) is 22.9. The molecule has 0 radical (unpaired) electrons. The maximum Gasteiger partial charge on any atom is 0.412 e. The number of aromatic amines is 1. The highest BCUT2D eigenvalue weighted by molar-refractivity contribution is 5.84. The number of hydrogen-bond acceptors (Lipinski definition) is 4. The van der Waals surface area contributed by atoms with Crippen molar-refractivity contribution >= 4 is 17.4 Å². The molecule has 1 amide bonds. The molecule has 2 heterocycles. The monoisotopic (exact) mass is 250 g/mol. The van der Waals surface area contributed by atoms with Crippen LogP contribution in [-0.2, 0) is 4.74 Å². The zero-order chi connectivity index (χ0) is 13.3. The normalized spacial score (nSPS) is 11.5. The number of fused-ring (bicyclic) bond motifs is 1. The fourth-order valence-corrected chi connectivity index (χ4v) is 1.40. The lowest BCUT2D eigenvalue weighted by molar-refractivity contribution is 0.0636. The molecule has 7 nitrogen and oxygen atoms in total. The fourth-order valence-electron chi connectivity index (χ4n) is 1.40. The van der Waals surface area contributed by atoms with Gasteiger partial charge in [0.15, 0.2) is 5.65 Å². The van der Waals surface area contributed by atoms with E-state index in [1.807, 2.05) is 0 Å². The van der Waals surface area contributed by atoms with Crippen LogP contribution in [0, 0.1) is 0 Å². The van der Waals surface area contributed by atoms with Crippen LogP contribution in [0.5, 0.6) is 0 Å². The van der Waals surface area contributed by atoms with Gasteiger partial charge in [0.25, 0.3) is 0 Å². The second-order valence-electron chi connectivity index (χ2n) is 4.80. The summed E-state index contributed by atoms with van der Waals surface area (Å²) in [5.74, 6) is 0. The lowest BCUT2D eigenvalue weighted by Crippen LogP contribution is -2.27. The van der Waals surface area contributed by atoms with E-state index in [4.69, 9.17) is 4.74 Å². The Labute approximate surface area is 103 Å². The standard InChI is InChI=1S/C11H14N4O3/c1-11(2,3)18-10(17)12-7-4-5-8-13-14-9(16)15(8)6-7/h4-6H,1-3H3,(H,12,17)(H,14,16). The van der Waals surface area contributed by atoms with E-state index in [-0.39, 0.29) is 5.69 Å². The second-order valence-corrected chi connectivity index (χ2v) is 4.80. The first-order valence-corrected chi connectivity index (χ1v) is 5.42. The Hall–Kier alpha value is -2.31. The lowest BCUT2D eigenvalue weighted by Gasteiger charge is -2.19. The summed E-state index contributed by atoms with van der Waals surface area (Å²) >= 11 is 0. The van der Waals surface area contributed by atoms with Gasteiger partial charge in [0.1, 0.15) is 5.60 Å². The number of anilines is 1. The molecule has 0 aromatic carbocycles. The summed E-state index contributed by atoms with van der Waals surface area (Å²) < 4.78 is 6.40. The van der Waals surface area contributed by atoms with E-state index in [2.05, 4.69) is 15.5 Å². The molecular formula is C11H14N4O3. The maximum absolute atomic E-state index is 11.5. The van der Waals surface area contributed by atoms with Crippen molar-refractivity contribution in [2.75, 3.05) is 5.32 Å². The molecule has 2 aromatic heterocycles. The SMILES string of the molecule is CC(C)(C)OC(=O)Nc1ccc2n[nH]c(=O)n2c1. The third-order valence-electron chi connectivity index (χ3n) is 2.06. The van der Waals surface area contributed by atoms with Crippen LogP contribution in [0.2, 0.25) is 0 Å². The molecule has 0 saturated heterocycles. The molecule has 2 N–H and O–H groups in total. The van der Waals surface area contributed by atoms with E-state index in [0.717, 1.165) is 0 Å². The molecule has 0 aliphatic heterocycles. The molecule has 96 valence electrons. The molecule has 7 heteroatoms. The van der Waals surface area contributed by atoms with Gasteiger partial charge < -0.3 is 4.74 Å². The van der Waals surface area contributed by atoms with E-state index in [0.29, 0.717) is 11.3 Å². The van der Waals surface area contributed by atoms with Gasteiger partial charge in [-0.1, -0.05) is 0 Å². The Balaban J connectivity index is 2.19. The summed E-state index contributed by atoms with van der Waals surface area (Å²) in [6.45, 7) is 5.32. The summed E-state index contributed by atoms with van der Waals surface area (Å²) in [7, 11) is 0. The molecule has 0 atom stereocenters. The van der Waals surface area contributed by atoms with Crippen LogP contribution in [0.25, 0.3) is 5.65 Å². The average molecular weight is 250 g/mol. The van der Waals surface area contributed by atoms with E-state index in [1.165, 1.54) is 10.6 Å². The molecule has 0 aliphatic rings. The van der Waals surface area contributed by atoms with E-state index in [9.17, 15) is 9.59 Å². The van der Waals surface area contributed by atoms with Crippen molar-refractivity contribution in [1.29, 1.82) is 0 Å². The Morgan fingerprint density at radius 2 is 2.17 bits per heavy atom. The van der Waals surface area contributed by atoms with Gasteiger partial charge >= 0.3 is 11.8 Å². The van der Waals surface area contributed by atoms with Crippen LogP contribution in [0.1, 0.15) is 20.8 Å². The minimum absolute atomic E-state index is 0.363. The van der Waals surface area contributed by atoms with Gasteiger partial charge in [0, 0.05) is 6.20 Å². The highest BCUT2D eigenvalue weighted by Crippen LogP contribution is 2.11. The van der Waals surface area contributed by atoms with Gasteiger partial charge in [-0.3, -0.25) is 5.32 Å². The predicted molar refractivity (Wildman–Crippen MR) is 65.7 cm³/mol. The van der Waals surface area contributed by atoms with Gasteiger partial charge in [0.05, 0.1) is 5.69 Å². The van der Waals surface area contributed by atoms with Gasteiger partial charge in [-0.05, 0) is 32.9 Å². The van der Waals surface area contributed by atoms with Crippen molar-refractivity contribution < 1.29 is 9.53 Å². The number of carbonyl (C=O) groups is 1. The number of carbonyl (C=O) groups excluding carboxylic acids is 1. The molecule has 2 rings (SSSR count). The van der Waals surface area contributed by atoms with Crippen LogP contribution >= 0.6 is 0 Å². The highest BCUT2D eigenvalue weighted by atomic mass is 16.6. The number of ether oxygens (including phenoxy) is 1. The Morgan fingerprint density at radius 3 is 2.83 bits per heavy atom. The van der Waals surface area contributed by atoms with Gasteiger partial charge in [0.2, 0.25) is 0 Å². The Kier molecular flexibility index (Phi) is 2.82. The molecule has 0 fully saturated rings. The number of aromatic nitrogens is 3. The van der Waals surface area contributed by atoms with Gasteiger partial charge in [-0.15, -0.1) is 0 Å². The first kappa shape index (κ1) is 12.2. The van der Waals surface area contributed by atoms with Crippen LogP contribution in [0.15, 0.2) is 23.1 Å². The Morgan fingerprint density at radius 1 is 1.44 bits per heavy atom. The van der Waals surface area contributed by atoms with Gasteiger partial charge in [-0.25, -0.2) is 19.1 Å². The number of H-pyrrole nitrogens is 1. The predicted octanol–water partition coefficient (Wildman–Crippen LogP) is 1.37. The first-order chi connectivity index (χ1) is 8.35. The van der Waals surface area contributed by atoms with Crippen molar-refractivity contribution in [3.63, 3.8) is 0 Å². The number of rotatable bonds is 1. The number of hydrogen-bond donors (Lipinski definition) is 2. The average Bonchev–Trinajstić information content (AvgIpc) is 2.57. The van der Waals surface area contributed by atoms with Crippen LogP contribution < -0.4 is 11.0 Å². The maximum atomic E-state index is 11.5. The fraction of sp³-hybridized carbons (Fsp3) is 0.364. The molecule has 0 bridgehead atoms. The molecule has 0 aliphatic carbocycles. The van der Waals surface area contributed by atoms with Crippen molar-refractivity contribution in [2.45, 2.75) is 26.4 Å². The van der Waals surface area contributed by atoms with Crippen molar-refractivity contribution in [3.05, 3.63) is 28.8 Å². The number of pyridine rings is 1. The van der Waals surface area contributed by atoms with Crippen LogP contribution in [0.3, 0.4) is 0 Å². The molecule has 2 aromatic rings. The van der Waals surface area contributed by atoms with E-state index >= 15 is 0 Å². The van der Waals surface area contributed by atoms with Crippen molar-refractivity contribution in [3.8, 4) is 0 Å². The first-order valence-electron chi connectivity index (χ1n) is 5.42. The van der Waals surface area contributed by atoms with Crippen LogP contribution in [-0.4, -0.2) is 26.3 Å². The highest BCUT2D eigenvalue weighted by Gasteiger charge is 2.16. The zero-order valence-corrected chi connectivity index (χ0v) is 10.4. The largest absolute Gasteiger partial charge is 0.444 e. The number of amides is 1. The second kappa shape index (κ2) is 4.17. The smallest absolute Gasteiger partial charge is 0.412 e. The molecular weight excluding hydrogens is 236 g/mol. The molecule has 0 saturated carbocycles. The topological polar surface area (TPSA) is 88.5 Å². The summed E-state index contributed by atoms with van der Waals surface area (Å²) in [5, 5.41) is 8.63. The van der Waals surface area contributed by atoms with Crippen molar-refractivity contribution in [2.24, 2.45) is 0 Å². The summed E-state index contributed by atoms with van der Waals surface area (Å²) in [6.07, 6.45) is 0.906. The third-order valence-corrected chi connectivity index (χ3v) is 2.06. The van der Waals surface area contributed by atoms with E-state index in [1.54, 1.807) is 32.9 Å². The number of nitrogens with zero attached hydrogens (tertiary/aromatic N) is 2. The number of nitrogens with one attached hydrogen (secondary N) is 2. The summed E-state index contributed by atoms with van der Waals surface area (Å²) in [6, 6.07) is 3.25. The van der Waals surface area contributed by atoms with Gasteiger partial charge in [-0.2, -0.15) is 5.10 Å². The minimum Gasteiger partial charge on any atom is -0.444 e.